The summed E-state index contributed by atoms with van der Waals surface area (Å²) in [7, 11) is 3.33. The van der Waals surface area contributed by atoms with E-state index in [0.717, 1.165) is 46.9 Å². The number of carbonyl (C=O) groups excluding carboxylic acids is 1. The van der Waals surface area contributed by atoms with Gasteiger partial charge in [0, 0.05) is 17.9 Å². The van der Waals surface area contributed by atoms with Crippen molar-refractivity contribution in [1.29, 1.82) is 0 Å². The molecule has 0 fully saturated rings. The van der Waals surface area contributed by atoms with Crippen LogP contribution in [0.3, 0.4) is 0 Å². The number of methoxy groups -OCH3 is 2. The Kier molecular flexibility index (Phi) is 7.98. The fraction of sp³-hybridized carbons (Fsp3) is 0.370. The van der Waals surface area contributed by atoms with E-state index in [9.17, 15) is 4.79 Å². The number of nitrogens with two attached hydrogens (primary N) is 1. The SMILES string of the molecule is CCCCCc1ccc(-c2cc(C(N)=O)c(C)n2CCc2cc(OC)ccc2OC)cc1. The van der Waals surface area contributed by atoms with Crippen LogP contribution in [-0.4, -0.2) is 24.7 Å². The van der Waals surface area contributed by atoms with Gasteiger partial charge in [0.2, 0.25) is 0 Å². The Balaban J connectivity index is 1.90. The summed E-state index contributed by atoms with van der Waals surface area (Å²) in [6.07, 6.45) is 5.50. The summed E-state index contributed by atoms with van der Waals surface area (Å²) < 4.78 is 13.1. The van der Waals surface area contributed by atoms with Crippen LogP contribution in [0.25, 0.3) is 11.3 Å². The number of hydrogen-bond donors (Lipinski definition) is 1. The first-order valence-corrected chi connectivity index (χ1v) is 11.3. The van der Waals surface area contributed by atoms with Gasteiger partial charge in [-0.3, -0.25) is 4.79 Å². The van der Waals surface area contributed by atoms with Gasteiger partial charge < -0.3 is 19.8 Å². The van der Waals surface area contributed by atoms with E-state index in [-0.39, 0.29) is 0 Å². The molecule has 32 heavy (non-hydrogen) atoms. The Bertz CT molecular complexity index is 1050. The number of rotatable bonds is 11. The molecule has 0 unspecified atom stereocenters. The van der Waals surface area contributed by atoms with Crippen LogP contribution in [-0.2, 0) is 19.4 Å². The zero-order chi connectivity index (χ0) is 23.1. The lowest BCUT2D eigenvalue weighted by Crippen LogP contribution is -2.13. The van der Waals surface area contributed by atoms with Crippen molar-refractivity contribution in [2.24, 2.45) is 5.73 Å². The summed E-state index contributed by atoms with van der Waals surface area (Å²) in [6.45, 7) is 4.86. The molecule has 0 saturated heterocycles. The Morgan fingerprint density at radius 1 is 0.969 bits per heavy atom. The highest BCUT2D eigenvalue weighted by molar-refractivity contribution is 5.95. The molecule has 0 atom stereocenters. The van der Waals surface area contributed by atoms with E-state index in [1.165, 1.54) is 24.8 Å². The van der Waals surface area contributed by atoms with Crippen molar-refractivity contribution in [1.82, 2.24) is 4.57 Å². The molecule has 5 heteroatoms. The van der Waals surface area contributed by atoms with E-state index in [2.05, 4.69) is 35.8 Å². The molecule has 1 amide bonds. The third kappa shape index (κ3) is 5.34. The van der Waals surface area contributed by atoms with Gasteiger partial charge in [-0.1, -0.05) is 44.0 Å². The van der Waals surface area contributed by atoms with Crippen LogP contribution in [0, 0.1) is 6.92 Å². The Morgan fingerprint density at radius 3 is 2.34 bits per heavy atom. The lowest BCUT2D eigenvalue weighted by molar-refractivity contribution is 0.0999. The molecule has 170 valence electrons. The molecule has 0 saturated carbocycles. The van der Waals surface area contributed by atoms with E-state index >= 15 is 0 Å². The second-order valence-electron chi connectivity index (χ2n) is 8.13. The number of benzene rings is 2. The van der Waals surface area contributed by atoms with Crippen LogP contribution in [0.5, 0.6) is 11.5 Å². The topological polar surface area (TPSA) is 66.5 Å². The molecule has 0 bridgehead atoms. The smallest absolute Gasteiger partial charge is 0.250 e. The molecular weight excluding hydrogens is 400 g/mol. The number of ether oxygens (including phenoxy) is 2. The first kappa shape index (κ1) is 23.5. The zero-order valence-corrected chi connectivity index (χ0v) is 19.6. The molecule has 0 aliphatic carbocycles. The number of aromatic nitrogens is 1. The zero-order valence-electron chi connectivity index (χ0n) is 19.6. The number of hydrogen-bond acceptors (Lipinski definition) is 3. The van der Waals surface area contributed by atoms with Gasteiger partial charge in [-0.2, -0.15) is 0 Å². The summed E-state index contributed by atoms with van der Waals surface area (Å²) in [5.74, 6) is 1.21. The van der Waals surface area contributed by atoms with Crippen molar-refractivity contribution in [2.45, 2.75) is 52.5 Å². The van der Waals surface area contributed by atoms with Gasteiger partial charge in [-0.25, -0.2) is 0 Å². The standard InChI is InChI=1S/C27H34N2O3/c1-5-6-7-8-20-9-11-21(12-10-20)25-18-24(27(28)30)19(2)29(25)16-15-22-17-23(31-3)13-14-26(22)32-4/h9-14,17-18H,5-8,15-16H2,1-4H3,(H2,28,30). The Labute approximate surface area is 191 Å². The van der Waals surface area contributed by atoms with Gasteiger partial charge >= 0.3 is 0 Å². The number of primary amides is 1. The van der Waals surface area contributed by atoms with Crippen molar-refractivity contribution in [3.8, 4) is 22.8 Å². The second-order valence-corrected chi connectivity index (χ2v) is 8.13. The maximum absolute atomic E-state index is 12.1. The molecule has 1 aromatic heterocycles. The number of nitrogens with zero attached hydrogens (tertiary/aromatic N) is 1. The number of amides is 1. The van der Waals surface area contributed by atoms with Gasteiger partial charge in [0.25, 0.3) is 5.91 Å². The highest BCUT2D eigenvalue weighted by Gasteiger charge is 2.17. The van der Waals surface area contributed by atoms with Gasteiger partial charge in [0.05, 0.1) is 19.8 Å². The van der Waals surface area contributed by atoms with Gasteiger partial charge in [0.15, 0.2) is 0 Å². The molecule has 0 radical (unpaired) electrons. The second kappa shape index (κ2) is 10.9. The van der Waals surface area contributed by atoms with Crippen LogP contribution in [0.1, 0.15) is 53.4 Å². The van der Waals surface area contributed by atoms with E-state index < -0.39 is 5.91 Å². The number of carbonyl (C=O) groups is 1. The predicted octanol–water partition coefficient (Wildman–Crippen LogP) is 5.56. The molecule has 0 aliphatic rings. The summed E-state index contributed by atoms with van der Waals surface area (Å²) in [4.78, 5) is 12.1. The average molecular weight is 435 g/mol. The van der Waals surface area contributed by atoms with Crippen molar-refractivity contribution in [2.75, 3.05) is 14.2 Å². The van der Waals surface area contributed by atoms with Crippen molar-refractivity contribution in [3.05, 3.63) is 70.9 Å². The predicted molar refractivity (Wildman–Crippen MR) is 130 cm³/mol. The average Bonchev–Trinajstić information content (AvgIpc) is 3.14. The minimum Gasteiger partial charge on any atom is -0.497 e. The number of aryl methyl sites for hydroxylation is 2. The van der Waals surface area contributed by atoms with Gasteiger partial charge in [-0.15, -0.1) is 0 Å². The molecule has 2 aromatic carbocycles. The summed E-state index contributed by atoms with van der Waals surface area (Å²) in [5, 5.41) is 0. The quantitative estimate of drug-likeness (QED) is 0.402. The minimum absolute atomic E-state index is 0.405. The number of unbranched alkanes of at least 4 members (excludes halogenated alkanes) is 2. The molecule has 3 rings (SSSR count). The summed E-state index contributed by atoms with van der Waals surface area (Å²) in [5.41, 5.74) is 11.6. The summed E-state index contributed by atoms with van der Waals surface area (Å²) >= 11 is 0. The van der Waals surface area contributed by atoms with Gasteiger partial charge in [0.1, 0.15) is 11.5 Å². The fourth-order valence-corrected chi connectivity index (χ4v) is 4.15. The Hall–Kier alpha value is -3.21. The highest BCUT2D eigenvalue weighted by Crippen LogP contribution is 2.29. The van der Waals surface area contributed by atoms with Crippen LogP contribution >= 0.6 is 0 Å². The molecule has 0 aliphatic heterocycles. The first-order valence-electron chi connectivity index (χ1n) is 11.3. The maximum atomic E-state index is 12.1. The monoisotopic (exact) mass is 434 g/mol. The normalized spacial score (nSPS) is 10.9. The van der Waals surface area contributed by atoms with Gasteiger partial charge in [-0.05, 0) is 67.1 Å². The van der Waals surface area contributed by atoms with Crippen LogP contribution in [0.2, 0.25) is 0 Å². The lowest BCUT2D eigenvalue weighted by Gasteiger charge is -2.15. The molecule has 1 heterocycles. The van der Waals surface area contributed by atoms with E-state index in [1.54, 1.807) is 14.2 Å². The van der Waals surface area contributed by atoms with Crippen molar-refractivity contribution >= 4 is 5.91 Å². The molecule has 0 spiro atoms. The largest absolute Gasteiger partial charge is 0.497 e. The third-order valence-electron chi connectivity index (χ3n) is 6.04. The highest BCUT2D eigenvalue weighted by atomic mass is 16.5. The third-order valence-corrected chi connectivity index (χ3v) is 6.04. The van der Waals surface area contributed by atoms with Crippen LogP contribution < -0.4 is 15.2 Å². The van der Waals surface area contributed by atoms with E-state index in [1.807, 2.05) is 31.2 Å². The molecule has 5 nitrogen and oxygen atoms in total. The van der Waals surface area contributed by atoms with Crippen molar-refractivity contribution < 1.29 is 14.3 Å². The first-order chi connectivity index (χ1) is 15.5. The molecule has 3 aromatic rings. The van der Waals surface area contributed by atoms with E-state index in [4.69, 9.17) is 15.2 Å². The Morgan fingerprint density at radius 2 is 1.72 bits per heavy atom. The fourth-order valence-electron chi connectivity index (χ4n) is 4.15. The summed E-state index contributed by atoms with van der Waals surface area (Å²) in [6, 6.07) is 16.4. The molecule has 2 N–H and O–H groups in total. The van der Waals surface area contributed by atoms with Crippen LogP contribution in [0.4, 0.5) is 0 Å². The van der Waals surface area contributed by atoms with Crippen molar-refractivity contribution in [3.63, 3.8) is 0 Å². The maximum Gasteiger partial charge on any atom is 0.250 e. The minimum atomic E-state index is -0.405. The molecular formula is C27H34N2O3. The lowest BCUT2D eigenvalue weighted by atomic mass is 10.0. The van der Waals surface area contributed by atoms with E-state index in [0.29, 0.717) is 12.1 Å². The van der Waals surface area contributed by atoms with Crippen LogP contribution in [0.15, 0.2) is 48.5 Å².